The Bertz CT molecular complexity index is 738. The van der Waals surface area contributed by atoms with Crippen molar-refractivity contribution in [1.29, 1.82) is 0 Å². The number of carboxylic acids is 1. The number of thioether (sulfide) groups is 1. The molecule has 0 amide bonds. The second-order valence-corrected chi connectivity index (χ2v) is 5.42. The summed E-state index contributed by atoms with van der Waals surface area (Å²) in [5.41, 5.74) is -0.248. The van der Waals surface area contributed by atoms with Crippen LogP contribution in [-0.4, -0.2) is 31.9 Å². The van der Waals surface area contributed by atoms with Gasteiger partial charge < -0.3 is 5.11 Å². The van der Waals surface area contributed by atoms with Crippen molar-refractivity contribution in [2.45, 2.75) is 37.9 Å². The van der Waals surface area contributed by atoms with E-state index in [1.807, 2.05) is 20.1 Å². The van der Waals surface area contributed by atoms with Crippen molar-refractivity contribution in [1.82, 2.24) is 14.5 Å². The van der Waals surface area contributed by atoms with Crippen LogP contribution in [0, 0.1) is 0 Å². The topological polar surface area (TPSA) is 85.1 Å². The first-order valence-corrected chi connectivity index (χ1v) is 7.95. The van der Waals surface area contributed by atoms with Gasteiger partial charge in [0.15, 0.2) is 5.16 Å². The molecule has 0 spiro atoms. The van der Waals surface area contributed by atoms with Gasteiger partial charge in [-0.3, -0.25) is 9.36 Å². The summed E-state index contributed by atoms with van der Waals surface area (Å²) in [5, 5.41) is 10.3. The summed E-state index contributed by atoms with van der Waals surface area (Å²) in [7, 11) is 0. The Morgan fingerprint density at radius 2 is 2.10 bits per heavy atom. The highest BCUT2D eigenvalue weighted by Crippen LogP contribution is 2.21. The Labute approximate surface area is 126 Å². The zero-order chi connectivity index (χ0) is 15.6. The van der Waals surface area contributed by atoms with Gasteiger partial charge in [-0.15, -0.1) is 0 Å². The molecule has 0 aliphatic heterocycles. The van der Waals surface area contributed by atoms with E-state index >= 15 is 0 Å². The minimum atomic E-state index is -1.23. The van der Waals surface area contributed by atoms with Crippen LogP contribution in [0.15, 0.2) is 22.2 Å². The van der Waals surface area contributed by atoms with Gasteiger partial charge in [-0.25, -0.2) is 14.8 Å². The molecule has 0 saturated heterocycles. The van der Waals surface area contributed by atoms with Gasteiger partial charge in [-0.2, -0.15) is 0 Å². The van der Waals surface area contributed by atoms with Crippen molar-refractivity contribution in [2.24, 2.45) is 0 Å². The number of aromatic nitrogens is 3. The Morgan fingerprint density at radius 1 is 1.43 bits per heavy atom. The number of rotatable bonds is 5. The van der Waals surface area contributed by atoms with E-state index in [4.69, 9.17) is 0 Å². The molecule has 0 fully saturated rings. The van der Waals surface area contributed by atoms with Crippen molar-refractivity contribution in [3.63, 3.8) is 0 Å². The van der Waals surface area contributed by atoms with Crippen LogP contribution in [0.25, 0.3) is 11.0 Å². The average molecular weight is 307 g/mol. The molecule has 0 saturated carbocycles. The first kappa shape index (κ1) is 15.5. The zero-order valence-electron chi connectivity index (χ0n) is 12.2. The fourth-order valence-corrected chi connectivity index (χ4v) is 2.68. The number of nitrogens with zero attached hydrogens (tertiary/aromatic N) is 3. The van der Waals surface area contributed by atoms with Crippen LogP contribution >= 0.6 is 11.8 Å². The van der Waals surface area contributed by atoms with Crippen LogP contribution < -0.4 is 5.56 Å². The SMILES string of the molecule is CCC(CC)n1c(=O)c(C(=O)O)cc2cnc(SC)nc21. The fourth-order valence-electron chi connectivity index (χ4n) is 2.35. The quantitative estimate of drug-likeness (QED) is 0.675. The van der Waals surface area contributed by atoms with Gasteiger partial charge >= 0.3 is 5.97 Å². The molecule has 0 atom stereocenters. The lowest BCUT2D eigenvalue weighted by Gasteiger charge is -2.19. The molecule has 112 valence electrons. The second kappa shape index (κ2) is 6.26. The number of carbonyl (C=O) groups is 1. The summed E-state index contributed by atoms with van der Waals surface area (Å²) < 4.78 is 1.50. The lowest BCUT2D eigenvalue weighted by atomic mass is 10.1. The van der Waals surface area contributed by atoms with E-state index in [2.05, 4.69) is 9.97 Å². The summed E-state index contributed by atoms with van der Waals surface area (Å²) in [6, 6.07) is 1.27. The molecule has 0 bridgehead atoms. The standard InChI is InChI=1S/C14H17N3O3S/c1-4-9(5-2)17-11-8(7-15-14(16-11)21-3)6-10(12(17)18)13(19)20/h6-7,9H,4-5H2,1-3H3,(H,19,20). The van der Waals surface area contributed by atoms with E-state index < -0.39 is 11.5 Å². The summed E-state index contributed by atoms with van der Waals surface area (Å²) in [6.07, 6.45) is 4.88. The van der Waals surface area contributed by atoms with E-state index in [1.54, 1.807) is 6.20 Å². The highest BCUT2D eigenvalue weighted by Gasteiger charge is 2.20. The number of fused-ring (bicyclic) bond motifs is 1. The van der Waals surface area contributed by atoms with Gasteiger partial charge in [-0.1, -0.05) is 25.6 Å². The summed E-state index contributed by atoms with van der Waals surface area (Å²) >= 11 is 1.38. The van der Waals surface area contributed by atoms with Crippen molar-refractivity contribution < 1.29 is 9.90 Å². The third kappa shape index (κ3) is 2.78. The van der Waals surface area contributed by atoms with Gasteiger partial charge in [0.25, 0.3) is 5.56 Å². The molecule has 0 radical (unpaired) electrons. The van der Waals surface area contributed by atoms with Crippen LogP contribution in [0.1, 0.15) is 43.1 Å². The van der Waals surface area contributed by atoms with Gasteiger partial charge in [0, 0.05) is 17.6 Å². The largest absolute Gasteiger partial charge is 0.477 e. The molecule has 0 aliphatic rings. The Hall–Kier alpha value is -1.89. The van der Waals surface area contributed by atoms with E-state index in [1.165, 1.54) is 22.4 Å². The van der Waals surface area contributed by atoms with Crippen LogP contribution in [0.5, 0.6) is 0 Å². The first-order valence-electron chi connectivity index (χ1n) is 6.73. The van der Waals surface area contributed by atoms with Gasteiger partial charge in [0.2, 0.25) is 0 Å². The first-order chi connectivity index (χ1) is 10.0. The average Bonchev–Trinajstić information content (AvgIpc) is 2.49. The number of aromatic carboxylic acids is 1. The predicted octanol–water partition coefficient (Wildman–Crippen LogP) is 2.57. The van der Waals surface area contributed by atoms with E-state index in [0.29, 0.717) is 16.2 Å². The molecular weight excluding hydrogens is 290 g/mol. The van der Waals surface area contributed by atoms with Crippen molar-refractivity contribution in [3.05, 3.63) is 28.2 Å². The molecule has 2 rings (SSSR count). The molecule has 6 nitrogen and oxygen atoms in total. The predicted molar refractivity (Wildman–Crippen MR) is 82.2 cm³/mol. The van der Waals surface area contributed by atoms with Crippen LogP contribution in [0.2, 0.25) is 0 Å². The van der Waals surface area contributed by atoms with Crippen molar-refractivity contribution >= 4 is 28.8 Å². The molecule has 2 heterocycles. The number of hydrogen-bond donors (Lipinski definition) is 1. The Kier molecular flexibility index (Phi) is 4.62. The van der Waals surface area contributed by atoms with Crippen molar-refractivity contribution in [3.8, 4) is 0 Å². The minimum Gasteiger partial charge on any atom is -0.477 e. The maximum absolute atomic E-state index is 12.5. The number of hydrogen-bond acceptors (Lipinski definition) is 5. The molecule has 2 aromatic heterocycles. The highest BCUT2D eigenvalue weighted by atomic mass is 32.2. The third-order valence-electron chi connectivity index (χ3n) is 3.47. The molecule has 2 aromatic rings. The molecule has 0 aromatic carbocycles. The zero-order valence-corrected chi connectivity index (χ0v) is 13.0. The molecule has 0 unspecified atom stereocenters. The summed E-state index contributed by atoms with van der Waals surface area (Å²) in [6.45, 7) is 3.94. The van der Waals surface area contributed by atoms with Crippen molar-refractivity contribution in [2.75, 3.05) is 6.26 Å². The van der Waals surface area contributed by atoms with E-state index in [0.717, 1.165) is 12.8 Å². The molecule has 7 heteroatoms. The highest BCUT2D eigenvalue weighted by molar-refractivity contribution is 7.98. The number of carboxylic acid groups (broad SMARTS) is 1. The minimum absolute atomic E-state index is 0.0797. The lowest BCUT2D eigenvalue weighted by Crippen LogP contribution is -2.30. The molecule has 1 N–H and O–H groups in total. The monoisotopic (exact) mass is 307 g/mol. The van der Waals surface area contributed by atoms with E-state index in [-0.39, 0.29) is 11.6 Å². The summed E-state index contributed by atoms with van der Waals surface area (Å²) in [5.74, 6) is -1.23. The third-order valence-corrected chi connectivity index (χ3v) is 4.03. The van der Waals surface area contributed by atoms with Gasteiger partial charge in [0.1, 0.15) is 11.2 Å². The second-order valence-electron chi connectivity index (χ2n) is 4.64. The van der Waals surface area contributed by atoms with Crippen LogP contribution in [0.3, 0.4) is 0 Å². The normalized spacial score (nSPS) is 11.2. The van der Waals surface area contributed by atoms with Crippen LogP contribution in [0.4, 0.5) is 0 Å². The molecular formula is C14H17N3O3S. The Balaban J connectivity index is 2.89. The molecule has 21 heavy (non-hydrogen) atoms. The van der Waals surface area contributed by atoms with Crippen LogP contribution in [-0.2, 0) is 0 Å². The molecule has 0 aliphatic carbocycles. The maximum Gasteiger partial charge on any atom is 0.341 e. The van der Waals surface area contributed by atoms with Gasteiger partial charge in [-0.05, 0) is 25.2 Å². The lowest BCUT2D eigenvalue weighted by molar-refractivity contribution is 0.0694. The maximum atomic E-state index is 12.5. The smallest absolute Gasteiger partial charge is 0.341 e. The fraction of sp³-hybridized carbons (Fsp3) is 0.429. The number of pyridine rings is 1. The Morgan fingerprint density at radius 3 is 2.62 bits per heavy atom. The van der Waals surface area contributed by atoms with Gasteiger partial charge in [0.05, 0.1) is 0 Å². The van der Waals surface area contributed by atoms with E-state index in [9.17, 15) is 14.7 Å². The summed E-state index contributed by atoms with van der Waals surface area (Å²) in [4.78, 5) is 32.3.